The number of fused-ring (bicyclic) bond motifs is 1. The number of carbonyl (C=O) groups is 4. The minimum Gasteiger partial charge on any atom is -0.370 e. The number of para-hydroxylation sites is 1. The van der Waals surface area contributed by atoms with E-state index >= 15 is 0 Å². The molecular weight excluding hydrogens is 538 g/mol. The van der Waals surface area contributed by atoms with Gasteiger partial charge in [0, 0.05) is 13.1 Å². The van der Waals surface area contributed by atoms with E-state index in [0.717, 1.165) is 4.70 Å². The Kier molecular flexibility index (Phi) is 13.2. The molecule has 12 N–H and O–H groups in total. The minimum atomic E-state index is -0.914. The SMILES string of the molecule is CNCC(=O)NC(CCCN=C(N)N)C(=O)NCC(=O)N[C@@H](CCCN=C(N)N)C(=O)c1nc2ccccc2s1. The second kappa shape index (κ2) is 16.6. The van der Waals surface area contributed by atoms with E-state index in [1.165, 1.54) is 11.3 Å². The number of Topliss-reactive ketones (excluding diaryl/α,β-unsaturated/α-hetero) is 1. The molecule has 0 aliphatic rings. The maximum absolute atomic E-state index is 13.3. The van der Waals surface area contributed by atoms with Crippen molar-refractivity contribution in [3.05, 3.63) is 29.3 Å². The van der Waals surface area contributed by atoms with E-state index in [0.29, 0.717) is 18.4 Å². The number of guanidine groups is 2. The van der Waals surface area contributed by atoms with Crippen molar-refractivity contribution in [3.63, 3.8) is 0 Å². The van der Waals surface area contributed by atoms with Crippen molar-refractivity contribution < 1.29 is 19.2 Å². The van der Waals surface area contributed by atoms with E-state index < -0.39 is 36.3 Å². The minimum absolute atomic E-state index is 0.00752. The topological polar surface area (TPSA) is 258 Å². The molecule has 40 heavy (non-hydrogen) atoms. The Balaban J connectivity index is 2.04. The number of ketones is 1. The van der Waals surface area contributed by atoms with Crippen LogP contribution in [0.4, 0.5) is 0 Å². The lowest BCUT2D eigenvalue weighted by Crippen LogP contribution is -2.51. The van der Waals surface area contributed by atoms with Crippen LogP contribution in [0.5, 0.6) is 0 Å². The van der Waals surface area contributed by atoms with Gasteiger partial charge in [-0.25, -0.2) is 4.98 Å². The summed E-state index contributed by atoms with van der Waals surface area (Å²) in [4.78, 5) is 63.1. The van der Waals surface area contributed by atoms with Gasteiger partial charge in [-0.3, -0.25) is 29.2 Å². The van der Waals surface area contributed by atoms with Crippen LogP contribution in [0.25, 0.3) is 10.2 Å². The number of thiazole rings is 1. The van der Waals surface area contributed by atoms with Crippen LogP contribution < -0.4 is 44.2 Å². The van der Waals surface area contributed by atoms with Gasteiger partial charge in [-0.15, -0.1) is 11.3 Å². The molecule has 0 saturated heterocycles. The molecule has 3 amide bonds. The zero-order chi connectivity index (χ0) is 29.5. The van der Waals surface area contributed by atoms with Crippen molar-refractivity contribution in [2.45, 2.75) is 37.8 Å². The second-order valence-electron chi connectivity index (χ2n) is 8.74. The van der Waals surface area contributed by atoms with Crippen LogP contribution in [0.1, 0.15) is 35.5 Å². The number of hydrogen-bond acceptors (Lipinski definition) is 9. The van der Waals surface area contributed by atoms with Crippen molar-refractivity contribution in [1.82, 2.24) is 26.3 Å². The molecule has 1 unspecified atom stereocenters. The van der Waals surface area contributed by atoms with Crippen LogP contribution in [-0.2, 0) is 14.4 Å². The summed E-state index contributed by atoms with van der Waals surface area (Å²) < 4.78 is 0.842. The van der Waals surface area contributed by atoms with Gasteiger partial charge in [-0.1, -0.05) is 12.1 Å². The zero-order valence-corrected chi connectivity index (χ0v) is 23.1. The van der Waals surface area contributed by atoms with Crippen LogP contribution >= 0.6 is 11.3 Å². The van der Waals surface area contributed by atoms with E-state index in [2.05, 4.69) is 36.2 Å². The molecule has 2 rings (SSSR count). The summed E-state index contributed by atoms with van der Waals surface area (Å²) in [5.41, 5.74) is 22.1. The summed E-state index contributed by atoms with van der Waals surface area (Å²) in [5, 5.41) is 10.8. The number of hydrogen-bond donors (Lipinski definition) is 8. The van der Waals surface area contributed by atoms with E-state index in [-0.39, 0.29) is 55.2 Å². The molecule has 0 spiro atoms. The fourth-order valence-corrected chi connectivity index (χ4v) is 4.57. The Morgan fingerprint density at radius 3 is 2.05 bits per heavy atom. The Labute approximate surface area is 235 Å². The Morgan fingerprint density at radius 1 is 0.875 bits per heavy atom. The fraction of sp³-hybridized carbons (Fsp3) is 0.458. The highest BCUT2D eigenvalue weighted by Crippen LogP contribution is 2.23. The molecule has 0 aliphatic carbocycles. The van der Waals surface area contributed by atoms with Gasteiger partial charge in [-0.2, -0.15) is 0 Å². The quantitative estimate of drug-likeness (QED) is 0.0440. The molecule has 16 heteroatoms. The number of rotatable bonds is 17. The van der Waals surface area contributed by atoms with E-state index in [1.54, 1.807) is 13.1 Å². The first-order valence-electron chi connectivity index (χ1n) is 12.6. The first kappa shape index (κ1) is 31.9. The number of aliphatic imine (C=N–C) groups is 2. The fourth-order valence-electron chi connectivity index (χ4n) is 3.61. The molecule has 2 atom stereocenters. The largest absolute Gasteiger partial charge is 0.370 e. The average Bonchev–Trinajstić information content (AvgIpc) is 3.34. The molecule has 1 aromatic carbocycles. The number of likely N-dealkylation sites (N-methyl/N-ethyl adjacent to an activating group) is 1. The third kappa shape index (κ3) is 11.2. The smallest absolute Gasteiger partial charge is 0.243 e. The van der Waals surface area contributed by atoms with E-state index in [4.69, 9.17) is 22.9 Å². The molecule has 0 radical (unpaired) electrons. The van der Waals surface area contributed by atoms with Crippen molar-refractivity contribution >= 4 is 57.0 Å². The molecule has 0 aliphatic heterocycles. The summed E-state index contributed by atoms with van der Waals surface area (Å²) in [6.45, 7) is 0.132. The number of amides is 3. The molecule has 1 heterocycles. The molecule has 2 aromatic rings. The normalized spacial score (nSPS) is 12.1. The lowest BCUT2D eigenvalue weighted by atomic mass is 10.1. The van der Waals surface area contributed by atoms with Gasteiger partial charge in [0.05, 0.1) is 29.3 Å². The first-order chi connectivity index (χ1) is 19.1. The Hall–Kier alpha value is -4.31. The predicted octanol–water partition coefficient (Wildman–Crippen LogP) is -2.11. The summed E-state index contributed by atoms with van der Waals surface area (Å²) in [6, 6.07) is 5.50. The second-order valence-corrected chi connectivity index (χ2v) is 9.77. The van der Waals surface area contributed by atoms with Gasteiger partial charge in [0.25, 0.3) is 0 Å². The molecule has 1 aromatic heterocycles. The van der Waals surface area contributed by atoms with Gasteiger partial charge in [0.1, 0.15) is 6.04 Å². The number of nitrogens with zero attached hydrogens (tertiary/aromatic N) is 3. The third-order valence-corrected chi connectivity index (χ3v) is 6.51. The van der Waals surface area contributed by atoms with Crippen molar-refractivity contribution in [3.8, 4) is 0 Å². The molecule has 0 saturated carbocycles. The Morgan fingerprint density at radius 2 is 1.45 bits per heavy atom. The average molecular weight is 576 g/mol. The maximum Gasteiger partial charge on any atom is 0.243 e. The van der Waals surface area contributed by atoms with Crippen molar-refractivity contribution in [1.29, 1.82) is 0 Å². The number of benzene rings is 1. The van der Waals surface area contributed by atoms with Gasteiger partial charge < -0.3 is 44.2 Å². The number of aromatic nitrogens is 1. The van der Waals surface area contributed by atoms with E-state index in [1.807, 2.05) is 18.2 Å². The Bertz CT molecular complexity index is 1190. The number of nitrogens with two attached hydrogens (primary N) is 4. The van der Waals surface area contributed by atoms with Gasteiger partial charge in [0.15, 0.2) is 16.9 Å². The predicted molar refractivity (Wildman–Crippen MR) is 155 cm³/mol. The van der Waals surface area contributed by atoms with Crippen LogP contribution in [-0.4, -0.2) is 85.7 Å². The summed E-state index contributed by atoms with van der Waals surface area (Å²) in [7, 11) is 1.60. The van der Waals surface area contributed by atoms with Crippen LogP contribution in [0.15, 0.2) is 34.3 Å². The van der Waals surface area contributed by atoms with Crippen LogP contribution in [0, 0.1) is 0 Å². The van der Waals surface area contributed by atoms with Gasteiger partial charge in [0.2, 0.25) is 23.5 Å². The molecular formula is C24H37N11O4S. The van der Waals surface area contributed by atoms with Crippen LogP contribution in [0.2, 0.25) is 0 Å². The first-order valence-corrected chi connectivity index (χ1v) is 13.4. The molecule has 15 nitrogen and oxygen atoms in total. The van der Waals surface area contributed by atoms with Gasteiger partial charge >= 0.3 is 0 Å². The van der Waals surface area contributed by atoms with Crippen LogP contribution in [0.3, 0.4) is 0 Å². The lowest BCUT2D eigenvalue weighted by molar-refractivity contribution is -0.130. The standard InChI is InChI=1S/C24H37N11O4S/c1-29-12-18(36)34-16(8-5-11-31-24(27)28)21(39)32-13-19(37)33-15(7-4-10-30-23(25)26)20(38)22-35-14-6-2-3-9-17(14)40-22/h2-3,6,9,15-16,29H,4-5,7-8,10-13H2,1H3,(H,32,39)(H,33,37)(H,34,36)(H4,25,26,30)(H4,27,28,31)/t15-,16?/m0/s1. The van der Waals surface area contributed by atoms with Crippen molar-refractivity contribution in [2.24, 2.45) is 32.9 Å². The highest BCUT2D eigenvalue weighted by molar-refractivity contribution is 7.20. The number of carbonyl (C=O) groups excluding carboxylic acids is 4. The van der Waals surface area contributed by atoms with Gasteiger partial charge in [-0.05, 0) is 44.9 Å². The molecule has 0 bridgehead atoms. The molecule has 0 fully saturated rings. The highest BCUT2D eigenvalue weighted by atomic mass is 32.1. The zero-order valence-electron chi connectivity index (χ0n) is 22.3. The molecule has 218 valence electrons. The third-order valence-electron chi connectivity index (χ3n) is 5.46. The van der Waals surface area contributed by atoms with E-state index in [9.17, 15) is 19.2 Å². The number of nitrogens with one attached hydrogen (secondary N) is 4. The lowest BCUT2D eigenvalue weighted by Gasteiger charge is -2.19. The monoisotopic (exact) mass is 575 g/mol. The maximum atomic E-state index is 13.3. The summed E-state index contributed by atoms with van der Waals surface area (Å²) >= 11 is 1.23. The summed E-state index contributed by atoms with van der Waals surface area (Å²) in [6.07, 6.45) is 1.32. The van der Waals surface area contributed by atoms with Crippen molar-refractivity contribution in [2.75, 3.05) is 33.2 Å². The highest BCUT2D eigenvalue weighted by Gasteiger charge is 2.26. The summed E-state index contributed by atoms with van der Waals surface area (Å²) in [5.74, 6) is -2.05.